The van der Waals surface area contributed by atoms with Crippen LogP contribution in [0.4, 0.5) is 10.1 Å². The number of hydrogen-bond donors (Lipinski definition) is 6. The minimum atomic E-state index is -1.53. The summed E-state index contributed by atoms with van der Waals surface area (Å²) in [5.74, 6) is -6.23. The molecule has 2 aromatic heterocycles. The van der Waals surface area contributed by atoms with E-state index in [9.17, 15) is 38.3 Å². The summed E-state index contributed by atoms with van der Waals surface area (Å²) >= 11 is 0. The Morgan fingerprint density at radius 2 is 0.929 bits per heavy atom. The number of rotatable bonds is 7. The van der Waals surface area contributed by atoms with E-state index in [0.717, 1.165) is 30.0 Å². The predicted octanol–water partition coefficient (Wildman–Crippen LogP) is 3.08. The fraction of sp³-hybridized carbons (Fsp3) is 0.0714. The molecule has 0 saturated heterocycles. The van der Waals surface area contributed by atoms with Crippen molar-refractivity contribution in [2.24, 2.45) is 0 Å². The fourth-order valence-corrected chi connectivity index (χ4v) is 3.71. The summed E-state index contributed by atoms with van der Waals surface area (Å²) in [6.45, 7) is 0. The van der Waals surface area contributed by atoms with Crippen LogP contribution in [0.2, 0.25) is 0 Å². The first-order valence-corrected chi connectivity index (χ1v) is 11.7. The molecule has 216 valence electrons. The topological polar surface area (TPSA) is 218 Å². The maximum Gasteiger partial charge on any atom is 0.341 e. The van der Waals surface area contributed by atoms with Gasteiger partial charge in [0.25, 0.3) is 11.1 Å². The molecule has 0 spiro atoms. The van der Waals surface area contributed by atoms with Gasteiger partial charge in [-0.2, -0.15) is 0 Å². The first-order valence-electron chi connectivity index (χ1n) is 11.7. The average molecular weight is 579 g/mol. The van der Waals surface area contributed by atoms with Gasteiger partial charge in [-0.25, -0.2) is 23.6 Å². The zero-order valence-electron chi connectivity index (χ0n) is 21.8. The van der Waals surface area contributed by atoms with E-state index in [-0.39, 0.29) is 28.1 Å². The molecular weight excluding hydrogens is 557 g/mol. The normalized spacial score (nSPS) is 10.3. The second kappa shape index (κ2) is 12.4. The number of nitrogens with zero attached hydrogens (tertiary/aromatic N) is 1. The van der Waals surface area contributed by atoms with E-state index in [2.05, 4.69) is 9.97 Å². The quantitative estimate of drug-likeness (QED) is 0.187. The lowest BCUT2D eigenvalue weighted by atomic mass is 10.0. The zero-order valence-corrected chi connectivity index (χ0v) is 21.8. The van der Waals surface area contributed by atoms with Crippen molar-refractivity contribution in [2.75, 3.05) is 19.0 Å². The Kier molecular flexibility index (Phi) is 9.02. The number of pyridine rings is 2. The van der Waals surface area contributed by atoms with Crippen molar-refractivity contribution < 1.29 is 44.0 Å². The van der Waals surface area contributed by atoms with Crippen molar-refractivity contribution in [3.63, 3.8) is 0 Å². The molecular formula is C28H22FN3O10. The third kappa shape index (κ3) is 6.74. The molecule has 42 heavy (non-hydrogen) atoms. The number of halogens is 1. The van der Waals surface area contributed by atoms with Gasteiger partial charge in [0.15, 0.2) is 0 Å². The standard InChI is InChI=1S/C15H14N2O5.C13H8FNO5/c1-17(2)9-5-3-8(4-6-9)12-10(14(19)20)7-11(15(21)22)13(18)16-12;14-7-3-1-6(2-4-7)10-8(12(17)18)5-9(13(19)20)11(16)15-10/h3-7H,1-2H3,(H,16,18)(H,19,20)(H,21,22);1-5H,(H,15,16)(H,17,18)(H,19,20). The summed E-state index contributed by atoms with van der Waals surface area (Å²) in [7, 11) is 3.72. The van der Waals surface area contributed by atoms with E-state index in [1.54, 1.807) is 24.3 Å². The van der Waals surface area contributed by atoms with Gasteiger partial charge in [0.2, 0.25) is 0 Å². The summed E-state index contributed by atoms with van der Waals surface area (Å²) in [6, 6.07) is 13.3. The lowest BCUT2D eigenvalue weighted by Crippen LogP contribution is -2.20. The monoisotopic (exact) mass is 579 g/mol. The highest BCUT2D eigenvalue weighted by Gasteiger charge is 2.20. The smallest absolute Gasteiger partial charge is 0.341 e. The van der Waals surface area contributed by atoms with Crippen LogP contribution in [0.25, 0.3) is 22.5 Å². The molecule has 0 unspecified atom stereocenters. The number of hydrogen-bond acceptors (Lipinski definition) is 7. The molecule has 0 atom stereocenters. The van der Waals surface area contributed by atoms with Crippen LogP contribution in [-0.4, -0.2) is 68.4 Å². The van der Waals surface area contributed by atoms with E-state index in [1.807, 2.05) is 19.0 Å². The first-order chi connectivity index (χ1) is 19.7. The van der Waals surface area contributed by atoms with Crippen molar-refractivity contribution in [3.05, 3.63) is 109 Å². The van der Waals surface area contributed by atoms with E-state index in [1.165, 1.54) is 12.1 Å². The van der Waals surface area contributed by atoms with E-state index in [0.29, 0.717) is 5.56 Å². The van der Waals surface area contributed by atoms with E-state index < -0.39 is 51.9 Å². The molecule has 2 heterocycles. The molecule has 0 aliphatic heterocycles. The fourth-order valence-electron chi connectivity index (χ4n) is 3.71. The van der Waals surface area contributed by atoms with Crippen LogP contribution >= 0.6 is 0 Å². The Balaban J connectivity index is 0.000000231. The van der Waals surface area contributed by atoms with Gasteiger partial charge in [-0.3, -0.25) is 9.59 Å². The third-order valence-corrected chi connectivity index (χ3v) is 5.81. The second-order valence-corrected chi connectivity index (χ2v) is 8.77. The molecule has 4 aromatic rings. The summed E-state index contributed by atoms with van der Waals surface area (Å²) in [4.78, 5) is 74.0. The molecule has 0 fully saturated rings. The Bertz CT molecular complexity index is 1810. The maximum atomic E-state index is 12.8. The van der Waals surface area contributed by atoms with Gasteiger partial charge < -0.3 is 35.3 Å². The summed E-state index contributed by atoms with van der Waals surface area (Å²) < 4.78 is 12.8. The largest absolute Gasteiger partial charge is 0.478 e. The van der Waals surface area contributed by atoms with Crippen LogP contribution in [-0.2, 0) is 0 Å². The lowest BCUT2D eigenvalue weighted by molar-refractivity contribution is 0.0674. The highest BCUT2D eigenvalue weighted by molar-refractivity contribution is 5.99. The number of nitrogens with one attached hydrogen (secondary N) is 2. The van der Waals surface area contributed by atoms with Gasteiger partial charge in [-0.15, -0.1) is 0 Å². The van der Waals surface area contributed by atoms with Crippen molar-refractivity contribution in [3.8, 4) is 22.5 Å². The minimum absolute atomic E-state index is 0.0764. The molecule has 0 aliphatic rings. The van der Waals surface area contributed by atoms with Crippen LogP contribution in [0.1, 0.15) is 41.4 Å². The van der Waals surface area contributed by atoms with Gasteiger partial charge in [0.05, 0.1) is 22.5 Å². The molecule has 0 bridgehead atoms. The van der Waals surface area contributed by atoms with Gasteiger partial charge >= 0.3 is 23.9 Å². The number of aromatic amines is 2. The number of anilines is 1. The summed E-state index contributed by atoms with van der Waals surface area (Å²) in [5, 5.41) is 36.1. The van der Waals surface area contributed by atoms with Crippen molar-refractivity contribution in [2.45, 2.75) is 0 Å². The number of aromatic carboxylic acids is 4. The average Bonchev–Trinajstić information content (AvgIpc) is 2.92. The lowest BCUT2D eigenvalue weighted by Gasteiger charge is -2.13. The molecule has 0 saturated carbocycles. The van der Waals surface area contributed by atoms with Gasteiger partial charge in [-0.1, -0.05) is 12.1 Å². The number of benzene rings is 2. The van der Waals surface area contributed by atoms with Crippen LogP contribution < -0.4 is 16.0 Å². The Labute approximate surface area is 234 Å². The van der Waals surface area contributed by atoms with Gasteiger partial charge in [-0.05, 0) is 59.7 Å². The first kappa shape index (κ1) is 30.5. The molecule has 4 rings (SSSR count). The summed E-state index contributed by atoms with van der Waals surface area (Å²) in [6.07, 6.45) is 0. The third-order valence-electron chi connectivity index (χ3n) is 5.81. The minimum Gasteiger partial charge on any atom is -0.478 e. The van der Waals surface area contributed by atoms with E-state index in [4.69, 9.17) is 15.3 Å². The Hall–Kier alpha value is -6.05. The zero-order chi connectivity index (χ0) is 31.3. The van der Waals surface area contributed by atoms with Crippen molar-refractivity contribution in [1.29, 1.82) is 0 Å². The van der Waals surface area contributed by atoms with Crippen LogP contribution in [0, 0.1) is 5.82 Å². The molecule has 14 heteroatoms. The summed E-state index contributed by atoms with van der Waals surface area (Å²) in [5.41, 5.74) is -2.05. The highest BCUT2D eigenvalue weighted by Crippen LogP contribution is 2.24. The molecule has 0 amide bonds. The Morgan fingerprint density at radius 3 is 1.24 bits per heavy atom. The molecule has 2 aromatic carbocycles. The van der Waals surface area contributed by atoms with Crippen molar-refractivity contribution in [1.82, 2.24) is 9.97 Å². The SMILES string of the molecule is CN(C)c1ccc(-c2[nH]c(=O)c(C(=O)O)cc2C(=O)O)cc1.O=C(O)c1cc(C(=O)O)c(=O)[nH]c1-c1ccc(F)cc1. The van der Waals surface area contributed by atoms with Gasteiger partial charge in [0.1, 0.15) is 16.9 Å². The van der Waals surface area contributed by atoms with Gasteiger partial charge in [0, 0.05) is 19.8 Å². The van der Waals surface area contributed by atoms with Crippen LogP contribution in [0.3, 0.4) is 0 Å². The number of carboxylic acids is 4. The van der Waals surface area contributed by atoms with Crippen LogP contribution in [0.5, 0.6) is 0 Å². The number of carbonyl (C=O) groups is 4. The van der Waals surface area contributed by atoms with E-state index >= 15 is 0 Å². The Morgan fingerprint density at radius 1 is 0.595 bits per heavy atom. The highest BCUT2D eigenvalue weighted by atomic mass is 19.1. The molecule has 13 nitrogen and oxygen atoms in total. The van der Waals surface area contributed by atoms with Crippen LogP contribution in [0.15, 0.2) is 70.3 Å². The molecule has 0 aliphatic carbocycles. The maximum absolute atomic E-state index is 12.8. The number of H-pyrrole nitrogens is 2. The second-order valence-electron chi connectivity index (χ2n) is 8.77. The number of carboxylic acid groups (broad SMARTS) is 4. The predicted molar refractivity (Wildman–Crippen MR) is 147 cm³/mol. The number of aromatic nitrogens is 2. The van der Waals surface area contributed by atoms with Crippen molar-refractivity contribution >= 4 is 29.6 Å². The molecule has 0 radical (unpaired) electrons. The molecule has 6 N–H and O–H groups in total.